The van der Waals surface area contributed by atoms with Crippen molar-refractivity contribution in [1.82, 2.24) is 20.9 Å². The van der Waals surface area contributed by atoms with Gasteiger partial charge in [0.05, 0.1) is 45.1 Å². The molecule has 0 spiro atoms. The monoisotopic (exact) mass is 883 g/mol. The summed E-state index contributed by atoms with van der Waals surface area (Å²) in [5, 5.41) is 9.09. The molecular weight excluding hydrogens is 823 g/mol. The number of urea groups is 1. The summed E-state index contributed by atoms with van der Waals surface area (Å²) >= 11 is 1.90. The molecule has 2 fully saturated rings. The number of rotatable bonds is 25. The molecule has 15 heteroatoms. The van der Waals surface area contributed by atoms with Gasteiger partial charge in [-0.15, -0.1) is 0 Å². The molecule has 0 aromatic heterocycles. The van der Waals surface area contributed by atoms with Crippen molar-refractivity contribution in [2.75, 3.05) is 58.5 Å². The van der Waals surface area contributed by atoms with E-state index in [9.17, 15) is 19.2 Å². The zero-order valence-electron chi connectivity index (χ0n) is 36.2. The highest BCUT2D eigenvalue weighted by atomic mass is 32.2. The fraction of sp³-hybridized carbons (Fsp3) is 0.521. The molecule has 0 radical (unpaired) electrons. The van der Waals surface area contributed by atoms with Crippen LogP contribution in [-0.2, 0) is 41.5 Å². The number of unbranched alkanes of at least 4 members (excludes halogenated alkanes) is 1. The van der Waals surface area contributed by atoms with Gasteiger partial charge in [-0.1, -0.05) is 67.9 Å². The van der Waals surface area contributed by atoms with Crippen LogP contribution in [0.2, 0.25) is 0 Å². The third-order valence-corrected chi connectivity index (χ3v) is 13.3. The molecule has 3 unspecified atom stereocenters. The minimum absolute atomic E-state index is 0.0238. The first-order valence-electron chi connectivity index (χ1n) is 22.5. The smallest absolute Gasteiger partial charge is 0.407 e. The fourth-order valence-electron chi connectivity index (χ4n) is 8.65. The van der Waals surface area contributed by atoms with E-state index < -0.39 is 17.7 Å². The molecule has 4 amide bonds. The number of carbonyl (C=O) groups is 4. The Morgan fingerprint density at radius 2 is 1.65 bits per heavy atom. The van der Waals surface area contributed by atoms with E-state index in [0.717, 1.165) is 53.7 Å². The van der Waals surface area contributed by atoms with Gasteiger partial charge >= 0.3 is 12.1 Å². The molecule has 3 aromatic carbocycles. The minimum Gasteiger partial charge on any atom is -0.493 e. The van der Waals surface area contributed by atoms with Gasteiger partial charge in [0, 0.05) is 74.1 Å². The highest BCUT2D eigenvalue weighted by Crippen LogP contribution is 2.46. The van der Waals surface area contributed by atoms with Crippen LogP contribution < -0.4 is 20.7 Å². The average Bonchev–Trinajstić information content (AvgIpc) is 3.97. The summed E-state index contributed by atoms with van der Waals surface area (Å²) < 4.78 is 29.0. The number of thioether (sulfide) groups is 1. The number of Topliss-reactive ketones (excluding diaryl/α,β-unsaturated/α-hetero) is 1. The number of hydrogen-bond donors (Lipinski definition) is 3. The first-order chi connectivity index (χ1) is 30.8. The quantitative estimate of drug-likeness (QED) is 0.0629. The van der Waals surface area contributed by atoms with Crippen LogP contribution in [0, 0.1) is 0 Å². The summed E-state index contributed by atoms with van der Waals surface area (Å²) in [7, 11) is 0. The number of nitrogens with zero attached hydrogens (tertiary/aromatic N) is 2. The Morgan fingerprint density at radius 1 is 0.873 bits per heavy atom. The molecule has 0 bridgehead atoms. The molecule has 63 heavy (non-hydrogen) atoms. The maximum atomic E-state index is 14.5. The molecule has 3 N–H and O–H groups in total. The molecule has 3 aromatic rings. The molecule has 7 rings (SSSR count). The molecule has 4 heterocycles. The van der Waals surface area contributed by atoms with Gasteiger partial charge in [0.2, 0.25) is 5.90 Å². The number of hydrogen-bond acceptors (Lipinski definition) is 11. The lowest BCUT2D eigenvalue weighted by atomic mass is 9.81. The highest BCUT2D eigenvalue weighted by Gasteiger charge is 2.56. The van der Waals surface area contributed by atoms with Gasteiger partial charge in [-0.05, 0) is 61.1 Å². The van der Waals surface area contributed by atoms with Gasteiger partial charge in [-0.3, -0.25) is 9.59 Å². The van der Waals surface area contributed by atoms with Gasteiger partial charge in [0.15, 0.2) is 11.6 Å². The molecular formula is C48H61N5O9S. The molecule has 14 nitrogen and oxygen atoms in total. The third kappa shape index (κ3) is 12.3. The largest absolute Gasteiger partial charge is 0.493 e. The van der Waals surface area contributed by atoms with E-state index in [2.05, 4.69) is 35.0 Å². The summed E-state index contributed by atoms with van der Waals surface area (Å²) in [6, 6.07) is 26.0. The summed E-state index contributed by atoms with van der Waals surface area (Å²) in [5.41, 5.74) is 2.68. The number of fused-ring (bicyclic) bond motifs is 4. The Hall–Kier alpha value is -5.12. The fourth-order valence-corrected chi connectivity index (χ4v) is 10.2. The molecule has 0 saturated carbocycles. The van der Waals surface area contributed by atoms with E-state index in [-0.39, 0.29) is 36.4 Å². The Balaban J connectivity index is 0.739. The predicted octanol–water partition coefficient (Wildman–Crippen LogP) is 6.54. The van der Waals surface area contributed by atoms with Crippen LogP contribution in [0.5, 0.6) is 5.75 Å². The van der Waals surface area contributed by atoms with Gasteiger partial charge in [0.1, 0.15) is 11.5 Å². The first-order valence-corrected chi connectivity index (χ1v) is 23.5. The Bertz CT molecular complexity index is 2020. The number of ether oxygens (including phenoxy) is 5. The van der Waals surface area contributed by atoms with Crippen molar-refractivity contribution in [3.8, 4) is 5.75 Å². The zero-order valence-corrected chi connectivity index (χ0v) is 37.0. The summed E-state index contributed by atoms with van der Waals surface area (Å²) in [6.07, 6.45) is 5.33. The number of nitrogens with one attached hydrogen (secondary N) is 3. The molecule has 338 valence electrons. The Labute approximate surface area is 374 Å². The SMILES string of the molecule is CCCN1Cc2ccccc2[C@@H]2OC(c3ccc(OCCCOC(=O)NCCOCCOCCCC(=O)CCCCC4SCC5NC(=O)NC54)cc3)=N[C@]2(Cc2ccccc2)C1=O. The lowest BCUT2D eigenvalue weighted by molar-refractivity contribution is -0.139. The lowest BCUT2D eigenvalue weighted by Gasteiger charge is -2.32. The van der Waals surface area contributed by atoms with Crippen LogP contribution in [0.3, 0.4) is 0 Å². The van der Waals surface area contributed by atoms with E-state index in [1.807, 2.05) is 83.4 Å². The van der Waals surface area contributed by atoms with E-state index in [1.165, 1.54) is 0 Å². The lowest BCUT2D eigenvalue weighted by Crippen LogP contribution is -2.50. The second-order valence-electron chi connectivity index (χ2n) is 16.5. The predicted molar refractivity (Wildman–Crippen MR) is 241 cm³/mol. The zero-order chi connectivity index (χ0) is 43.9. The number of benzene rings is 3. The second kappa shape index (κ2) is 23.0. The van der Waals surface area contributed by atoms with Gasteiger partial charge in [0.25, 0.3) is 5.91 Å². The topological polar surface area (TPSA) is 166 Å². The summed E-state index contributed by atoms with van der Waals surface area (Å²) in [6.45, 7) is 5.73. The molecule has 2 saturated heterocycles. The van der Waals surface area contributed by atoms with Crippen LogP contribution in [0.15, 0.2) is 83.9 Å². The number of alkyl carbamates (subject to hydrolysis) is 1. The van der Waals surface area contributed by atoms with Gasteiger partial charge in [-0.2, -0.15) is 11.8 Å². The van der Waals surface area contributed by atoms with Crippen LogP contribution in [0.25, 0.3) is 0 Å². The van der Waals surface area contributed by atoms with Crippen molar-refractivity contribution in [2.24, 2.45) is 4.99 Å². The number of aliphatic imine (C=N–C) groups is 1. The van der Waals surface area contributed by atoms with E-state index in [1.54, 1.807) is 0 Å². The van der Waals surface area contributed by atoms with E-state index >= 15 is 0 Å². The molecule has 0 aliphatic carbocycles. The number of carbonyl (C=O) groups excluding carboxylic acids is 4. The van der Waals surface area contributed by atoms with E-state index in [4.69, 9.17) is 28.7 Å². The van der Waals surface area contributed by atoms with Crippen molar-refractivity contribution in [3.05, 3.63) is 101 Å². The number of ketones is 1. The van der Waals surface area contributed by atoms with Crippen molar-refractivity contribution >= 4 is 41.5 Å². The van der Waals surface area contributed by atoms with Gasteiger partial charge in [-0.25, -0.2) is 14.6 Å². The van der Waals surface area contributed by atoms with E-state index in [0.29, 0.717) is 102 Å². The third-order valence-electron chi connectivity index (χ3n) is 11.8. The molecule has 4 aliphatic rings. The summed E-state index contributed by atoms with van der Waals surface area (Å²) in [5.74, 6) is 2.27. The normalized spacial score (nSPS) is 22.2. The van der Waals surface area contributed by atoms with Crippen LogP contribution in [0.1, 0.15) is 86.6 Å². The Morgan fingerprint density at radius 3 is 2.48 bits per heavy atom. The van der Waals surface area contributed by atoms with Crippen LogP contribution in [0.4, 0.5) is 9.59 Å². The van der Waals surface area contributed by atoms with Gasteiger partial charge < -0.3 is 44.5 Å². The van der Waals surface area contributed by atoms with Crippen molar-refractivity contribution in [2.45, 2.75) is 100 Å². The first kappa shape index (κ1) is 45.9. The second-order valence-corrected chi connectivity index (χ2v) is 17.7. The minimum atomic E-state index is -1.15. The van der Waals surface area contributed by atoms with Crippen molar-refractivity contribution in [1.29, 1.82) is 0 Å². The van der Waals surface area contributed by atoms with Crippen molar-refractivity contribution in [3.63, 3.8) is 0 Å². The molecule has 5 atom stereocenters. The number of amides is 4. The summed E-state index contributed by atoms with van der Waals surface area (Å²) in [4.78, 5) is 57.5. The Kier molecular flexibility index (Phi) is 16.8. The standard InChI is InChI=1S/C48H61N5O9S/c1-2-24-53-32-36-14-6-8-17-39(36)43-48(45(53)55,31-34-12-4-3-5-13-34)52-44(62-43)35-19-21-38(22-20-35)60-26-11-27-61-47(57)49-23-28-59-30-29-58-25-10-16-37(54)15-7-9-18-41-42-40(33-63-41)50-46(56)51-42/h3-6,8,12-14,17,19-22,40-43H,2,7,9-11,15-16,18,23-33H2,1H3,(H,49,57)(H2,50,51,56)/t40?,41?,42?,43-,48-/m0/s1. The van der Waals surface area contributed by atoms with Crippen molar-refractivity contribution < 1.29 is 42.9 Å². The maximum absolute atomic E-state index is 14.5. The van der Waals surface area contributed by atoms with Crippen LogP contribution >= 0.6 is 11.8 Å². The van der Waals surface area contributed by atoms with Crippen LogP contribution in [-0.4, -0.2) is 116 Å². The highest BCUT2D eigenvalue weighted by molar-refractivity contribution is 8.00. The maximum Gasteiger partial charge on any atom is 0.407 e. The average molecular weight is 884 g/mol. The molecule has 4 aliphatic heterocycles.